The van der Waals surface area contributed by atoms with Gasteiger partial charge in [-0.05, 0) is 18.4 Å². The molecule has 1 heterocycles. The van der Waals surface area contributed by atoms with Gasteiger partial charge in [-0.3, -0.25) is 4.79 Å². The van der Waals surface area contributed by atoms with Crippen molar-refractivity contribution >= 4 is 17.5 Å². The van der Waals surface area contributed by atoms with Crippen LogP contribution < -0.4 is 9.33 Å². The van der Waals surface area contributed by atoms with E-state index in [0.29, 0.717) is 0 Å². The quantitative estimate of drug-likeness (QED) is 0.722. The summed E-state index contributed by atoms with van der Waals surface area (Å²) in [6.07, 6.45) is -4.69. The lowest BCUT2D eigenvalue weighted by Crippen LogP contribution is -2.65. The molecule has 0 aliphatic carbocycles. The number of benzene rings is 1. The van der Waals surface area contributed by atoms with Crippen LogP contribution in [0.3, 0.4) is 0 Å². The van der Waals surface area contributed by atoms with Gasteiger partial charge < -0.3 is 9.47 Å². The maximum atomic E-state index is 12.9. The van der Waals surface area contributed by atoms with Gasteiger partial charge in [-0.25, -0.2) is 4.79 Å². The fourth-order valence-electron chi connectivity index (χ4n) is 3.07. The molecule has 1 aliphatic heterocycles. The molecule has 1 aliphatic rings. The summed E-state index contributed by atoms with van der Waals surface area (Å²) in [5.41, 5.74) is -0.136. The first-order valence-electron chi connectivity index (χ1n) is 8.55. The monoisotopic (exact) mass is 389 g/mol. The van der Waals surface area contributed by atoms with Crippen LogP contribution >= 0.6 is 0 Å². The third-order valence-corrected chi connectivity index (χ3v) is 4.08. The Hall–Kier alpha value is -2.13. The summed E-state index contributed by atoms with van der Waals surface area (Å²) >= 11 is 0. The van der Waals surface area contributed by atoms with Gasteiger partial charge in [-0.1, -0.05) is 31.4 Å². The van der Waals surface area contributed by atoms with Gasteiger partial charge in [0.15, 0.2) is 12.3 Å². The largest absolute Gasteiger partial charge is 0.573 e. The highest BCUT2D eigenvalue weighted by atomic mass is 19.4. The average Bonchev–Trinajstić information content (AvgIpc) is 2.87. The predicted molar refractivity (Wildman–Crippen MR) is 92.2 cm³/mol. The first-order chi connectivity index (χ1) is 12.4. The first-order valence-corrected chi connectivity index (χ1v) is 8.55. The minimum absolute atomic E-state index is 0.169. The summed E-state index contributed by atoms with van der Waals surface area (Å²) in [5.74, 6) is -1.18. The number of alkyl halides is 3. The van der Waals surface area contributed by atoms with Crippen LogP contribution in [0.15, 0.2) is 24.3 Å². The van der Waals surface area contributed by atoms with Gasteiger partial charge in [0.25, 0.3) is 5.91 Å². The van der Waals surface area contributed by atoms with E-state index in [1.807, 2.05) is 20.8 Å². The van der Waals surface area contributed by atoms with Crippen molar-refractivity contribution in [2.45, 2.75) is 40.5 Å². The molecular formula is C18H24F3N2O4+. The molecule has 150 valence electrons. The Morgan fingerprint density at radius 2 is 1.96 bits per heavy atom. The lowest BCUT2D eigenvalue weighted by atomic mass is 9.92. The van der Waals surface area contributed by atoms with Crippen molar-refractivity contribution in [3.63, 3.8) is 0 Å². The number of quaternary nitrogens is 1. The SMILES string of the molecule is CCN(C(=O)CC(C)(C)C)[N+]1(c2cccc(OC(F)(F)F)c2)COCC1=O. The Morgan fingerprint density at radius 3 is 2.44 bits per heavy atom. The molecule has 0 aromatic heterocycles. The molecule has 0 N–H and O–H groups in total. The van der Waals surface area contributed by atoms with E-state index in [1.165, 1.54) is 17.1 Å². The Kier molecular flexibility index (Phi) is 5.86. The molecule has 1 unspecified atom stereocenters. The van der Waals surface area contributed by atoms with Crippen LogP contribution in [-0.4, -0.2) is 43.1 Å². The number of carbonyl (C=O) groups excluding carboxylic acids is 2. The van der Waals surface area contributed by atoms with Gasteiger partial charge >= 0.3 is 12.3 Å². The molecule has 0 radical (unpaired) electrons. The van der Waals surface area contributed by atoms with Crippen LogP contribution in [0.2, 0.25) is 0 Å². The van der Waals surface area contributed by atoms with E-state index in [4.69, 9.17) is 4.74 Å². The van der Waals surface area contributed by atoms with Crippen molar-refractivity contribution in [2.24, 2.45) is 5.41 Å². The molecule has 2 amide bonds. The molecule has 9 heteroatoms. The summed E-state index contributed by atoms with van der Waals surface area (Å²) in [6.45, 7) is 7.17. The van der Waals surface area contributed by atoms with Gasteiger partial charge in [-0.2, -0.15) is 5.01 Å². The van der Waals surface area contributed by atoms with Crippen LogP contribution in [0.5, 0.6) is 5.75 Å². The molecule has 1 aromatic carbocycles. The van der Waals surface area contributed by atoms with Crippen LogP contribution in [0.1, 0.15) is 34.1 Å². The lowest BCUT2D eigenvalue weighted by molar-refractivity contribution is -0.274. The second-order valence-corrected chi connectivity index (χ2v) is 7.53. The first kappa shape index (κ1) is 21.2. The Bertz CT molecular complexity index is 715. The minimum Gasteiger partial charge on any atom is -0.406 e. The van der Waals surface area contributed by atoms with Crippen LogP contribution in [0, 0.1) is 5.41 Å². The molecule has 1 aromatic rings. The van der Waals surface area contributed by atoms with E-state index in [-0.39, 0.29) is 43.3 Å². The standard InChI is InChI=1S/C18H24F3N2O4/c1-5-22(15(24)10-17(2,3)4)23(12-26-11-16(23)25)13-7-6-8-14(9-13)27-18(19,20)21/h6-9H,5,10-12H2,1-4H3/q+1. The number of ether oxygens (including phenoxy) is 2. The van der Waals surface area contributed by atoms with Crippen molar-refractivity contribution in [3.05, 3.63) is 24.3 Å². The Balaban J connectivity index is 2.50. The van der Waals surface area contributed by atoms with Gasteiger partial charge in [0, 0.05) is 18.6 Å². The molecular weight excluding hydrogens is 365 g/mol. The summed E-state index contributed by atoms with van der Waals surface area (Å²) in [5, 5.41) is 1.34. The number of rotatable bonds is 5. The highest BCUT2D eigenvalue weighted by Gasteiger charge is 2.52. The van der Waals surface area contributed by atoms with E-state index in [1.54, 1.807) is 6.92 Å². The molecule has 1 fully saturated rings. The number of amides is 2. The van der Waals surface area contributed by atoms with E-state index >= 15 is 0 Å². The maximum absolute atomic E-state index is 12.9. The molecule has 27 heavy (non-hydrogen) atoms. The van der Waals surface area contributed by atoms with Gasteiger partial charge in [0.2, 0.25) is 6.73 Å². The summed E-state index contributed by atoms with van der Waals surface area (Å²) in [7, 11) is 0. The molecule has 1 atom stereocenters. The highest BCUT2D eigenvalue weighted by Crippen LogP contribution is 2.35. The molecule has 0 spiro atoms. The van der Waals surface area contributed by atoms with E-state index in [9.17, 15) is 22.8 Å². The third kappa shape index (κ3) is 4.78. The fraction of sp³-hybridized carbons (Fsp3) is 0.556. The van der Waals surface area contributed by atoms with Crippen molar-refractivity contribution < 1.29 is 32.2 Å². The normalized spacial score (nSPS) is 20.6. The molecule has 2 rings (SSSR count). The van der Waals surface area contributed by atoms with Crippen molar-refractivity contribution in [1.82, 2.24) is 9.60 Å². The zero-order chi connectivity index (χ0) is 20.5. The summed E-state index contributed by atoms with van der Waals surface area (Å²) in [4.78, 5) is 25.7. The van der Waals surface area contributed by atoms with Crippen LogP contribution in [-0.2, 0) is 14.3 Å². The minimum atomic E-state index is -4.86. The van der Waals surface area contributed by atoms with Gasteiger partial charge in [0.1, 0.15) is 5.75 Å². The Labute approximate surface area is 156 Å². The highest BCUT2D eigenvalue weighted by molar-refractivity contribution is 5.94. The predicted octanol–water partition coefficient (Wildman–Crippen LogP) is 3.61. The number of halogens is 3. The van der Waals surface area contributed by atoms with Crippen LogP contribution in [0.25, 0.3) is 0 Å². The second kappa shape index (κ2) is 7.47. The average molecular weight is 389 g/mol. The number of hydrogen-bond acceptors (Lipinski definition) is 4. The van der Waals surface area contributed by atoms with E-state index in [2.05, 4.69) is 4.74 Å². The summed E-state index contributed by atoms with van der Waals surface area (Å²) in [6, 6.07) is 5.10. The lowest BCUT2D eigenvalue weighted by Gasteiger charge is -2.39. The third-order valence-electron chi connectivity index (χ3n) is 4.08. The number of carbonyl (C=O) groups is 2. The Morgan fingerprint density at radius 1 is 1.30 bits per heavy atom. The molecule has 6 nitrogen and oxygen atoms in total. The van der Waals surface area contributed by atoms with E-state index in [0.717, 1.165) is 12.1 Å². The zero-order valence-electron chi connectivity index (χ0n) is 15.8. The smallest absolute Gasteiger partial charge is 0.406 e. The zero-order valence-corrected chi connectivity index (χ0v) is 15.8. The topological polar surface area (TPSA) is 55.8 Å². The summed E-state index contributed by atoms with van der Waals surface area (Å²) < 4.78 is 46.4. The number of nitrogens with zero attached hydrogens (tertiary/aromatic N) is 2. The fourth-order valence-corrected chi connectivity index (χ4v) is 3.07. The molecule has 0 saturated carbocycles. The van der Waals surface area contributed by atoms with Gasteiger partial charge in [0.05, 0.1) is 6.54 Å². The van der Waals surface area contributed by atoms with E-state index < -0.39 is 22.6 Å². The van der Waals surface area contributed by atoms with Crippen LogP contribution in [0.4, 0.5) is 18.9 Å². The van der Waals surface area contributed by atoms with Crippen molar-refractivity contribution in [2.75, 3.05) is 19.9 Å². The van der Waals surface area contributed by atoms with Crippen molar-refractivity contribution in [1.29, 1.82) is 0 Å². The molecule has 1 saturated heterocycles. The second-order valence-electron chi connectivity index (χ2n) is 7.53. The molecule has 0 bridgehead atoms. The van der Waals surface area contributed by atoms with Crippen molar-refractivity contribution in [3.8, 4) is 5.75 Å². The van der Waals surface area contributed by atoms with Gasteiger partial charge in [-0.15, -0.1) is 13.2 Å². The number of hydrogen-bond donors (Lipinski definition) is 0. The maximum Gasteiger partial charge on any atom is 0.573 e.